The summed E-state index contributed by atoms with van der Waals surface area (Å²) in [7, 11) is 0. The molecule has 0 fully saturated rings. The first-order chi connectivity index (χ1) is 0. The third kappa shape index (κ3) is 9.88. The smallest absolute Gasteiger partial charge is 0.0149 e. The van der Waals surface area contributed by atoms with Gasteiger partial charge < -0.3 is 0 Å². The Morgan fingerprint density at radius 1 is 1.00 bits per heavy atom. The molecule has 0 saturated carbocycles. The van der Waals surface area contributed by atoms with E-state index in [-0.39, 0.29) is 56.2 Å². The van der Waals surface area contributed by atoms with Crippen LogP contribution in [0.1, 0.15) is 0 Å². The van der Waals surface area contributed by atoms with Crippen LogP contribution >= 0.6 is 0 Å². The zero-order valence-corrected chi connectivity index (χ0v) is 3.67. The van der Waals surface area contributed by atoms with E-state index >= 15 is 0 Å². The predicted octanol–water partition coefficient (Wildman–Crippen LogP) is -3.82. The molecule has 0 N–H and O–H groups in total. The van der Waals surface area contributed by atoms with Gasteiger partial charge in [-0.2, -0.15) is 0 Å². The molecule has 22 valence electrons. The Hall–Kier alpha value is 1.44. The zero-order chi connectivity index (χ0) is 0. The van der Waals surface area contributed by atoms with E-state index in [4.69, 9.17) is 0 Å². The Labute approximate surface area is 56.2 Å². The van der Waals surface area contributed by atoms with Crippen molar-refractivity contribution in [3.05, 3.63) is 0 Å². The van der Waals surface area contributed by atoms with Crippen LogP contribution in [0.3, 0.4) is 0 Å². The van der Waals surface area contributed by atoms with E-state index in [1.165, 1.54) is 0 Å². The summed E-state index contributed by atoms with van der Waals surface area (Å²) in [5.41, 5.74) is 0. The fourth-order valence-electron chi connectivity index (χ4n) is 0. The Kier molecular flexibility index (Phi) is 329. The van der Waals surface area contributed by atoms with Crippen molar-refractivity contribution < 1.29 is 19.5 Å². The van der Waals surface area contributed by atoms with E-state index in [1.807, 2.05) is 0 Å². The van der Waals surface area contributed by atoms with Crippen LogP contribution in [0.4, 0.5) is 0 Å². The summed E-state index contributed by atoms with van der Waals surface area (Å²) in [6, 6.07) is 0. The van der Waals surface area contributed by atoms with E-state index in [2.05, 4.69) is 0 Å². The molecule has 0 aliphatic carbocycles. The quantitative estimate of drug-likeness (QED) is 0.303. The molecule has 0 spiro atoms. The molecule has 0 bridgehead atoms. The molecule has 0 aliphatic heterocycles. The van der Waals surface area contributed by atoms with Crippen LogP contribution < -0.4 is 0 Å². The van der Waals surface area contributed by atoms with Gasteiger partial charge in [0.2, 0.25) is 0 Å². The summed E-state index contributed by atoms with van der Waals surface area (Å²) >= 11 is 0. The number of rotatable bonds is 0. The predicted molar refractivity (Wildman–Crippen MR) is 31.2 cm³/mol. The first kappa shape index (κ1) is 51.8. The van der Waals surface area contributed by atoms with Crippen LogP contribution in [-0.2, 0) is 19.5 Å². The SMILES string of the molecule is B.[AlH3].[SiH4].[Zn]. The Bertz CT molecular complexity index is 8.00. The standard InChI is InChI=1S/Al.BH3.H4Si.Zn.3H/h;1H3;1H4;;;;. The summed E-state index contributed by atoms with van der Waals surface area (Å²) in [6.07, 6.45) is 0. The number of hydrogen-bond acceptors (Lipinski definition) is 0. The summed E-state index contributed by atoms with van der Waals surface area (Å²) in [6.45, 7) is 0. The maximum atomic E-state index is 0. The van der Waals surface area contributed by atoms with Gasteiger partial charge in [-0.05, 0) is 11.0 Å². The Balaban J connectivity index is 0. The largest absolute Gasteiger partial charge is 0.187 e. The number of hydrogen-bond donors (Lipinski definition) is 0. The zero-order valence-electron chi connectivity index (χ0n) is 0.707. The summed E-state index contributed by atoms with van der Waals surface area (Å²) in [5.74, 6) is 0. The van der Waals surface area contributed by atoms with Crippen LogP contribution in [0.5, 0.6) is 0 Å². The van der Waals surface area contributed by atoms with E-state index < -0.39 is 0 Å². The van der Waals surface area contributed by atoms with E-state index in [1.54, 1.807) is 0 Å². The second-order valence-electron chi connectivity index (χ2n) is 0. The molecule has 0 rings (SSSR count). The fraction of sp³-hybridized carbons (Fsp3) is 0. The third-order valence-corrected chi connectivity index (χ3v) is 0. The van der Waals surface area contributed by atoms with Crippen LogP contribution in [0.2, 0.25) is 0 Å². The van der Waals surface area contributed by atoms with E-state index in [0.717, 1.165) is 0 Å². The second kappa shape index (κ2) is 25.4. The van der Waals surface area contributed by atoms with Crippen molar-refractivity contribution in [3.8, 4) is 0 Å². The van der Waals surface area contributed by atoms with Gasteiger partial charge in [0.05, 0.1) is 8.41 Å². The van der Waals surface area contributed by atoms with Crippen LogP contribution in [0.15, 0.2) is 0 Å². The molecule has 0 unspecified atom stereocenters. The average molecular weight is 141 g/mol. The fourth-order valence-corrected chi connectivity index (χ4v) is 0. The molecule has 0 aliphatic rings. The van der Waals surface area contributed by atoms with Crippen LogP contribution in [0, 0.1) is 0 Å². The molecule has 4 heteroatoms. The van der Waals surface area contributed by atoms with E-state index in [0.29, 0.717) is 0 Å². The van der Waals surface area contributed by atoms with Crippen LogP contribution in [-0.4, -0.2) is 36.7 Å². The van der Waals surface area contributed by atoms with Gasteiger partial charge in [0.25, 0.3) is 0 Å². The maximum Gasteiger partial charge on any atom is 0.187 e. The molecule has 0 saturated heterocycles. The van der Waals surface area contributed by atoms with Gasteiger partial charge in [0.1, 0.15) is 0 Å². The Morgan fingerprint density at radius 3 is 1.00 bits per heavy atom. The van der Waals surface area contributed by atoms with Crippen molar-refractivity contribution >= 4 is 36.7 Å². The van der Waals surface area contributed by atoms with E-state index in [9.17, 15) is 0 Å². The van der Waals surface area contributed by atoms with Gasteiger partial charge in [-0.3, -0.25) is 0 Å². The minimum atomic E-state index is 0. The van der Waals surface area contributed by atoms with Crippen molar-refractivity contribution in [2.75, 3.05) is 0 Å². The average Bonchev–Trinajstić information content (AvgIpc) is 0. The monoisotopic (exact) mass is 140 g/mol. The van der Waals surface area contributed by atoms with Crippen LogP contribution in [0.25, 0.3) is 0 Å². The molecular weight excluding hydrogens is 131 g/mol. The van der Waals surface area contributed by atoms with Gasteiger partial charge in [-0.25, -0.2) is 0 Å². The molecule has 0 atom stereocenters. The van der Waals surface area contributed by atoms with Crippen molar-refractivity contribution in [3.63, 3.8) is 0 Å². The molecule has 0 amide bonds. The maximum absolute atomic E-state index is 0. The normalized spacial score (nSPS) is 0. The Morgan fingerprint density at radius 2 is 1.00 bits per heavy atom. The molecule has 0 aromatic carbocycles. The molecule has 4 heavy (non-hydrogen) atoms. The minimum absolute atomic E-state index is 0. The molecule has 0 nitrogen and oxygen atoms in total. The molecule has 0 aromatic heterocycles. The molecule has 0 aromatic rings. The van der Waals surface area contributed by atoms with Gasteiger partial charge >= 0.3 is 0 Å². The molecule has 0 heterocycles. The van der Waals surface area contributed by atoms with Gasteiger partial charge in [0, 0.05) is 19.5 Å². The van der Waals surface area contributed by atoms with Crippen molar-refractivity contribution in [2.45, 2.75) is 0 Å². The van der Waals surface area contributed by atoms with Gasteiger partial charge in [-0.1, -0.05) is 0 Å². The second-order valence-corrected chi connectivity index (χ2v) is 0. The minimum Gasteiger partial charge on any atom is -0.0149 e. The van der Waals surface area contributed by atoms with Crippen molar-refractivity contribution in [2.24, 2.45) is 0 Å². The first-order valence-corrected chi connectivity index (χ1v) is 0. The van der Waals surface area contributed by atoms with Gasteiger partial charge in [-0.15, -0.1) is 0 Å². The van der Waals surface area contributed by atoms with Crippen molar-refractivity contribution in [1.82, 2.24) is 0 Å². The van der Waals surface area contributed by atoms with Gasteiger partial charge in [0.15, 0.2) is 17.4 Å². The molecule has 0 radical (unpaired) electrons. The third-order valence-electron chi connectivity index (χ3n) is 0. The van der Waals surface area contributed by atoms with Crippen molar-refractivity contribution in [1.29, 1.82) is 0 Å². The molecular formula is H10AlBSiZn. The first-order valence-electron chi connectivity index (χ1n) is 0. The summed E-state index contributed by atoms with van der Waals surface area (Å²) < 4.78 is 0. The topological polar surface area (TPSA) is 0 Å². The summed E-state index contributed by atoms with van der Waals surface area (Å²) in [4.78, 5) is 0. The summed E-state index contributed by atoms with van der Waals surface area (Å²) in [5, 5.41) is 0.